The number of carbonyl (C=O) groups excluding carboxylic acids is 1. The van der Waals surface area contributed by atoms with Crippen LogP contribution in [0.4, 0.5) is 0 Å². The van der Waals surface area contributed by atoms with E-state index in [9.17, 15) is 4.79 Å². The molecule has 7 nitrogen and oxygen atoms in total. The van der Waals surface area contributed by atoms with Gasteiger partial charge < -0.3 is 4.74 Å². The van der Waals surface area contributed by atoms with E-state index in [0.717, 1.165) is 28.1 Å². The van der Waals surface area contributed by atoms with Crippen molar-refractivity contribution in [3.05, 3.63) is 90.0 Å². The van der Waals surface area contributed by atoms with Crippen LogP contribution in [0.1, 0.15) is 11.1 Å². The van der Waals surface area contributed by atoms with E-state index in [1.54, 1.807) is 13.3 Å². The van der Waals surface area contributed by atoms with Gasteiger partial charge in [-0.3, -0.25) is 9.36 Å². The average molecular weight is 458 g/mol. The lowest BCUT2D eigenvalue weighted by atomic mass is 10.2. The average Bonchev–Trinajstić information content (AvgIpc) is 3.27. The van der Waals surface area contributed by atoms with Crippen molar-refractivity contribution in [2.75, 3.05) is 12.9 Å². The largest absolute Gasteiger partial charge is 0.497 e. The second-order valence-electron chi connectivity index (χ2n) is 7.20. The summed E-state index contributed by atoms with van der Waals surface area (Å²) in [5, 5.41) is 13.4. The molecular formula is C25H23N5O2S. The third kappa shape index (κ3) is 5.67. The Morgan fingerprint density at radius 2 is 1.85 bits per heavy atom. The first-order valence-electron chi connectivity index (χ1n) is 10.3. The molecule has 0 bridgehead atoms. The van der Waals surface area contributed by atoms with Gasteiger partial charge in [0.15, 0.2) is 11.0 Å². The molecule has 166 valence electrons. The Bertz CT molecular complexity index is 1250. The van der Waals surface area contributed by atoms with Gasteiger partial charge in [0.05, 0.1) is 19.1 Å². The van der Waals surface area contributed by atoms with E-state index in [2.05, 4.69) is 20.7 Å². The molecule has 0 saturated heterocycles. The van der Waals surface area contributed by atoms with E-state index in [-0.39, 0.29) is 11.7 Å². The van der Waals surface area contributed by atoms with Crippen molar-refractivity contribution in [2.24, 2.45) is 5.10 Å². The van der Waals surface area contributed by atoms with Crippen LogP contribution in [-0.4, -0.2) is 39.7 Å². The van der Waals surface area contributed by atoms with Gasteiger partial charge in [0, 0.05) is 11.3 Å². The van der Waals surface area contributed by atoms with Crippen molar-refractivity contribution < 1.29 is 9.53 Å². The minimum Gasteiger partial charge on any atom is -0.497 e. The summed E-state index contributed by atoms with van der Waals surface area (Å²) in [4.78, 5) is 12.4. The van der Waals surface area contributed by atoms with Gasteiger partial charge in [0.2, 0.25) is 0 Å². The SMILES string of the molecule is COc1ccc(-c2nnc(SCC(=O)N/N=C/c3cccc(C)c3)n2-c2ccccc2)cc1. The van der Waals surface area contributed by atoms with Crippen LogP contribution in [0.2, 0.25) is 0 Å². The molecule has 0 atom stereocenters. The Balaban J connectivity index is 1.50. The Morgan fingerprint density at radius 1 is 1.06 bits per heavy atom. The molecule has 0 aliphatic heterocycles. The fourth-order valence-electron chi connectivity index (χ4n) is 3.19. The lowest BCUT2D eigenvalue weighted by Gasteiger charge is -2.10. The van der Waals surface area contributed by atoms with Gasteiger partial charge in [-0.25, -0.2) is 5.43 Å². The Morgan fingerprint density at radius 3 is 2.58 bits per heavy atom. The van der Waals surface area contributed by atoms with Crippen molar-refractivity contribution in [2.45, 2.75) is 12.1 Å². The number of para-hydroxylation sites is 1. The highest BCUT2D eigenvalue weighted by molar-refractivity contribution is 7.99. The summed E-state index contributed by atoms with van der Waals surface area (Å²) in [5.41, 5.74) is 6.43. The maximum atomic E-state index is 12.4. The molecular weight excluding hydrogens is 434 g/mol. The minimum atomic E-state index is -0.225. The predicted octanol–water partition coefficient (Wildman–Crippen LogP) is 4.49. The summed E-state index contributed by atoms with van der Waals surface area (Å²) in [5.74, 6) is 1.38. The molecule has 4 rings (SSSR count). The van der Waals surface area contributed by atoms with Crippen LogP contribution >= 0.6 is 11.8 Å². The number of ether oxygens (including phenoxy) is 1. The zero-order valence-electron chi connectivity index (χ0n) is 18.3. The molecule has 1 heterocycles. The monoisotopic (exact) mass is 457 g/mol. The fraction of sp³-hybridized carbons (Fsp3) is 0.120. The molecule has 0 spiro atoms. The highest BCUT2D eigenvalue weighted by Crippen LogP contribution is 2.28. The highest BCUT2D eigenvalue weighted by Gasteiger charge is 2.17. The maximum Gasteiger partial charge on any atom is 0.250 e. The van der Waals surface area contributed by atoms with E-state index in [1.807, 2.05) is 90.4 Å². The first-order valence-corrected chi connectivity index (χ1v) is 11.3. The molecule has 4 aromatic rings. The van der Waals surface area contributed by atoms with Gasteiger partial charge in [-0.15, -0.1) is 10.2 Å². The van der Waals surface area contributed by atoms with Crippen LogP contribution in [0.25, 0.3) is 17.1 Å². The zero-order valence-corrected chi connectivity index (χ0v) is 19.1. The number of rotatable bonds is 8. The van der Waals surface area contributed by atoms with Crippen molar-refractivity contribution in [3.8, 4) is 22.8 Å². The van der Waals surface area contributed by atoms with Gasteiger partial charge in [-0.2, -0.15) is 5.10 Å². The van der Waals surface area contributed by atoms with Gasteiger partial charge >= 0.3 is 0 Å². The second-order valence-corrected chi connectivity index (χ2v) is 8.14. The quantitative estimate of drug-likeness (QED) is 0.239. The molecule has 0 unspecified atom stereocenters. The molecule has 8 heteroatoms. The van der Waals surface area contributed by atoms with Crippen LogP contribution in [0, 0.1) is 6.92 Å². The molecule has 1 amide bonds. The van der Waals surface area contributed by atoms with E-state index >= 15 is 0 Å². The Labute approximate surface area is 196 Å². The standard InChI is InChI=1S/C25H23N5O2S/c1-18-7-6-8-19(15-18)16-26-27-23(31)17-33-25-29-28-24(20-11-13-22(32-2)14-12-20)30(25)21-9-4-3-5-10-21/h3-16H,17H2,1-2H3,(H,27,31)/b26-16+. The van der Waals surface area contributed by atoms with Crippen LogP contribution in [0.3, 0.4) is 0 Å². The molecule has 33 heavy (non-hydrogen) atoms. The Kier molecular flexibility index (Phi) is 7.16. The van der Waals surface area contributed by atoms with E-state index < -0.39 is 0 Å². The van der Waals surface area contributed by atoms with Crippen molar-refractivity contribution >= 4 is 23.9 Å². The first kappa shape index (κ1) is 22.3. The topological polar surface area (TPSA) is 81.4 Å². The van der Waals surface area contributed by atoms with Crippen LogP contribution in [0.15, 0.2) is 89.1 Å². The van der Waals surface area contributed by atoms with Gasteiger partial charge in [0.1, 0.15) is 5.75 Å². The fourth-order valence-corrected chi connectivity index (χ4v) is 3.94. The van der Waals surface area contributed by atoms with Crippen molar-refractivity contribution in [1.29, 1.82) is 0 Å². The molecule has 0 aliphatic carbocycles. The summed E-state index contributed by atoms with van der Waals surface area (Å²) >= 11 is 1.30. The number of nitrogens with one attached hydrogen (secondary N) is 1. The van der Waals surface area contributed by atoms with Crippen LogP contribution in [0.5, 0.6) is 5.75 Å². The number of benzene rings is 3. The maximum absolute atomic E-state index is 12.4. The first-order chi connectivity index (χ1) is 16.1. The number of carbonyl (C=O) groups is 1. The molecule has 1 N–H and O–H groups in total. The number of hydrogen-bond donors (Lipinski definition) is 1. The molecule has 1 aromatic heterocycles. The van der Waals surface area contributed by atoms with Crippen LogP contribution < -0.4 is 10.2 Å². The van der Waals surface area contributed by atoms with E-state index in [1.165, 1.54) is 11.8 Å². The number of nitrogens with zero attached hydrogens (tertiary/aromatic N) is 4. The summed E-state index contributed by atoms with van der Waals surface area (Å²) < 4.78 is 7.19. The number of hydrazone groups is 1. The number of methoxy groups -OCH3 is 1. The third-order valence-electron chi connectivity index (χ3n) is 4.77. The number of thioether (sulfide) groups is 1. The number of hydrogen-bond acceptors (Lipinski definition) is 6. The molecule has 0 fully saturated rings. The van der Waals surface area contributed by atoms with E-state index in [4.69, 9.17) is 4.74 Å². The Hall–Kier alpha value is -3.91. The summed E-state index contributed by atoms with van der Waals surface area (Å²) in [6.07, 6.45) is 1.63. The number of aromatic nitrogens is 3. The normalized spacial score (nSPS) is 11.0. The van der Waals surface area contributed by atoms with Crippen molar-refractivity contribution in [1.82, 2.24) is 20.2 Å². The molecule has 0 aliphatic rings. The molecule has 0 radical (unpaired) electrons. The molecule has 3 aromatic carbocycles. The lowest BCUT2D eigenvalue weighted by Crippen LogP contribution is -2.20. The van der Waals surface area contributed by atoms with E-state index in [0.29, 0.717) is 11.0 Å². The van der Waals surface area contributed by atoms with Gasteiger partial charge in [-0.1, -0.05) is 59.8 Å². The number of amides is 1. The third-order valence-corrected chi connectivity index (χ3v) is 5.70. The number of aryl methyl sites for hydroxylation is 1. The zero-order chi connectivity index (χ0) is 23.0. The smallest absolute Gasteiger partial charge is 0.250 e. The van der Waals surface area contributed by atoms with Crippen molar-refractivity contribution in [3.63, 3.8) is 0 Å². The minimum absolute atomic E-state index is 0.152. The second kappa shape index (κ2) is 10.6. The summed E-state index contributed by atoms with van der Waals surface area (Å²) in [6, 6.07) is 25.3. The van der Waals surface area contributed by atoms with Gasteiger partial charge in [0.25, 0.3) is 5.91 Å². The van der Waals surface area contributed by atoms with Gasteiger partial charge in [-0.05, 0) is 48.9 Å². The molecule has 0 saturated carbocycles. The lowest BCUT2D eigenvalue weighted by molar-refractivity contribution is -0.118. The highest BCUT2D eigenvalue weighted by atomic mass is 32.2. The van der Waals surface area contributed by atoms with Crippen LogP contribution in [-0.2, 0) is 4.79 Å². The predicted molar refractivity (Wildman–Crippen MR) is 131 cm³/mol. The summed E-state index contributed by atoms with van der Waals surface area (Å²) in [7, 11) is 1.63. The summed E-state index contributed by atoms with van der Waals surface area (Å²) in [6.45, 7) is 2.01.